The first-order chi connectivity index (χ1) is 27.1. The molecule has 2 aromatic carbocycles. The average molecular weight is 798 g/mol. The highest BCUT2D eigenvalue weighted by atomic mass is 32.1. The fourth-order valence-electron chi connectivity index (χ4n) is 6.26. The highest BCUT2D eigenvalue weighted by Gasteiger charge is 2.28. The number of rotatable bonds is 13. The van der Waals surface area contributed by atoms with Crippen LogP contribution in [-0.4, -0.2) is 67.2 Å². The van der Waals surface area contributed by atoms with E-state index in [1.807, 2.05) is 18.4 Å². The Bertz CT molecular complexity index is 2170. The number of nitrogens with one attached hydrogen (secondary N) is 4. The number of methoxy groups -OCH3 is 1. The van der Waals surface area contributed by atoms with Gasteiger partial charge in [0, 0.05) is 53.2 Å². The third-order valence-corrected chi connectivity index (χ3v) is 10.0. The quantitative estimate of drug-likeness (QED) is 0.0989. The van der Waals surface area contributed by atoms with Gasteiger partial charge in [-0.15, -0.1) is 11.3 Å². The lowest BCUT2D eigenvalue weighted by Gasteiger charge is -2.21. The van der Waals surface area contributed by atoms with Crippen LogP contribution in [0.1, 0.15) is 113 Å². The molecule has 13 nitrogen and oxygen atoms in total. The molecule has 0 atom stereocenters. The predicted octanol–water partition coefficient (Wildman–Crippen LogP) is 7.70. The molecule has 0 unspecified atom stereocenters. The molecule has 0 saturated carbocycles. The zero-order valence-electron chi connectivity index (χ0n) is 33.8. The van der Waals surface area contributed by atoms with E-state index in [9.17, 15) is 24.0 Å². The van der Waals surface area contributed by atoms with Crippen molar-refractivity contribution < 1.29 is 38.2 Å². The fraction of sp³-hybridized carbons (Fsp3) is 0.395. The molecule has 2 aromatic heterocycles. The van der Waals surface area contributed by atoms with Crippen molar-refractivity contribution in [2.75, 3.05) is 32.1 Å². The monoisotopic (exact) mass is 797 g/mol. The second kappa shape index (κ2) is 18.5. The van der Waals surface area contributed by atoms with Crippen molar-refractivity contribution in [2.45, 2.75) is 79.9 Å². The standard InChI is InChI=1S/C43H51N5O8S/c1-9-15-44-40(51)33-11-10-28(36(47-33)41(52)54-8)29-22-34-31(37-27(13-17-55-34)14-18-57-37)21-30(29)39(50)48-35-25(4)19-26(23-46-42(53)56-43(5,6)7)20-32(35)38(49)45-16-12-24(2)3/h10-11,14,18-22,24H,9,12-13,15-17,23H2,1-8H3,(H,44,51)(H,45,49)(H,46,53)(H,48,50). The number of amides is 4. The van der Waals surface area contributed by atoms with Crippen LogP contribution in [0.5, 0.6) is 5.75 Å². The number of nitrogens with zero attached hydrogens (tertiary/aromatic N) is 1. The van der Waals surface area contributed by atoms with E-state index in [1.165, 1.54) is 24.5 Å². The molecule has 0 aliphatic carbocycles. The number of aromatic nitrogens is 1. The highest BCUT2D eigenvalue weighted by Crippen LogP contribution is 2.43. The van der Waals surface area contributed by atoms with E-state index in [-0.39, 0.29) is 40.3 Å². The topological polar surface area (TPSA) is 174 Å². The highest BCUT2D eigenvalue weighted by molar-refractivity contribution is 7.13. The minimum atomic E-state index is -0.801. The van der Waals surface area contributed by atoms with Crippen LogP contribution < -0.4 is 26.0 Å². The van der Waals surface area contributed by atoms with Gasteiger partial charge < -0.3 is 35.5 Å². The summed E-state index contributed by atoms with van der Waals surface area (Å²) in [7, 11) is 1.22. The van der Waals surface area contributed by atoms with Gasteiger partial charge in [-0.25, -0.2) is 14.6 Å². The number of hydrogen-bond acceptors (Lipinski definition) is 10. The largest absolute Gasteiger partial charge is 0.493 e. The van der Waals surface area contributed by atoms with Crippen molar-refractivity contribution in [1.82, 2.24) is 20.9 Å². The number of aryl methyl sites for hydroxylation is 1. The Morgan fingerprint density at radius 2 is 1.65 bits per heavy atom. The van der Waals surface area contributed by atoms with Crippen LogP contribution in [0.25, 0.3) is 21.6 Å². The van der Waals surface area contributed by atoms with Crippen LogP contribution in [0.4, 0.5) is 10.5 Å². The summed E-state index contributed by atoms with van der Waals surface area (Å²) in [4.78, 5) is 72.7. The van der Waals surface area contributed by atoms with Crippen LogP contribution in [0, 0.1) is 12.8 Å². The number of esters is 1. The molecule has 3 heterocycles. The van der Waals surface area contributed by atoms with E-state index in [0.717, 1.165) is 16.9 Å². The SMILES string of the molecule is CCCNC(=O)c1ccc(-c2cc3c(cc2C(=O)Nc2c(C)cc(CNC(=O)OC(C)(C)C)cc2C(=O)NCCC(C)C)-c2sccc2CCO3)c(C(=O)OC)n1. The lowest BCUT2D eigenvalue weighted by Crippen LogP contribution is -2.32. The summed E-state index contributed by atoms with van der Waals surface area (Å²) in [6, 6.07) is 11.9. The minimum absolute atomic E-state index is 0.0119. The Balaban J connectivity index is 1.63. The van der Waals surface area contributed by atoms with Gasteiger partial charge >= 0.3 is 12.1 Å². The van der Waals surface area contributed by atoms with Crippen LogP contribution in [0.2, 0.25) is 0 Å². The van der Waals surface area contributed by atoms with E-state index in [0.29, 0.717) is 66.5 Å². The number of anilines is 1. The van der Waals surface area contributed by atoms with Crippen LogP contribution in [-0.2, 0) is 22.4 Å². The van der Waals surface area contributed by atoms with Gasteiger partial charge in [-0.05, 0) is 105 Å². The summed E-state index contributed by atoms with van der Waals surface area (Å²) in [6.07, 6.45) is 1.50. The van der Waals surface area contributed by atoms with E-state index in [4.69, 9.17) is 14.2 Å². The van der Waals surface area contributed by atoms with Gasteiger partial charge in [0.1, 0.15) is 17.0 Å². The molecule has 302 valence electrons. The lowest BCUT2D eigenvalue weighted by atomic mass is 9.93. The van der Waals surface area contributed by atoms with Gasteiger partial charge in [0.25, 0.3) is 17.7 Å². The molecular weight excluding hydrogens is 747 g/mol. The number of ether oxygens (including phenoxy) is 3. The smallest absolute Gasteiger partial charge is 0.407 e. The Morgan fingerprint density at radius 1 is 0.895 bits per heavy atom. The number of benzene rings is 2. The molecule has 4 N–H and O–H groups in total. The van der Waals surface area contributed by atoms with Crippen molar-refractivity contribution in [3.8, 4) is 27.3 Å². The maximum Gasteiger partial charge on any atom is 0.407 e. The Kier molecular flexibility index (Phi) is 13.7. The second-order valence-electron chi connectivity index (χ2n) is 15.2. The number of pyridine rings is 1. The number of carbonyl (C=O) groups is 5. The molecule has 14 heteroatoms. The molecule has 57 heavy (non-hydrogen) atoms. The maximum atomic E-state index is 14.8. The van der Waals surface area contributed by atoms with Crippen LogP contribution >= 0.6 is 11.3 Å². The zero-order valence-corrected chi connectivity index (χ0v) is 34.6. The van der Waals surface area contributed by atoms with Crippen molar-refractivity contribution in [2.24, 2.45) is 5.92 Å². The Morgan fingerprint density at radius 3 is 2.35 bits per heavy atom. The van der Waals surface area contributed by atoms with E-state index >= 15 is 0 Å². The first kappa shape index (κ1) is 42.4. The molecule has 1 aliphatic heterocycles. The van der Waals surface area contributed by atoms with Crippen molar-refractivity contribution in [1.29, 1.82) is 0 Å². The summed E-state index contributed by atoms with van der Waals surface area (Å²) in [5.74, 6) is -1.38. The summed E-state index contributed by atoms with van der Waals surface area (Å²) < 4.78 is 16.7. The second-order valence-corrected chi connectivity index (χ2v) is 16.1. The van der Waals surface area contributed by atoms with Gasteiger partial charge in [-0.3, -0.25) is 14.4 Å². The van der Waals surface area contributed by atoms with E-state index in [2.05, 4.69) is 40.1 Å². The van der Waals surface area contributed by atoms with Gasteiger partial charge in [0.2, 0.25) is 0 Å². The maximum absolute atomic E-state index is 14.8. The number of hydrogen-bond donors (Lipinski definition) is 4. The molecule has 0 bridgehead atoms. The normalized spacial score (nSPS) is 12.0. The minimum Gasteiger partial charge on any atom is -0.493 e. The van der Waals surface area contributed by atoms with Crippen LogP contribution in [0.3, 0.4) is 0 Å². The first-order valence-corrected chi connectivity index (χ1v) is 19.9. The summed E-state index contributed by atoms with van der Waals surface area (Å²) >= 11 is 1.53. The van der Waals surface area contributed by atoms with Crippen molar-refractivity contribution in [3.05, 3.63) is 87.0 Å². The third kappa shape index (κ3) is 10.6. The summed E-state index contributed by atoms with van der Waals surface area (Å²) in [6.45, 7) is 14.4. The molecular formula is C43H51N5O8S. The van der Waals surface area contributed by atoms with E-state index in [1.54, 1.807) is 58.0 Å². The zero-order chi connectivity index (χ0) is 41.4. The number of fused-ring (bicyclic) bond motifs is 3. The third-order valence-electron chi connectivity index (χ3n) is 9.04. The molecule has 5 rings (SSSR count). The predicted molar refractivity (Wildman–Crippen MR) is 220 cm³/mol. The Hall–Kier alpha value is -5.76. The molecule has 4 amide bonds. The summed E-state index contributed by atoms with van der Waals surface area (Å²) in [5.41, 5.74) is 3.30. The fourth-order valence-corrected chi connectivity index (χ4v) is 7.24. The van der Waals surface area contributed by atoms with Gasteiger partial charge in [0.15, 0.2) is 5.69 Å². The average Bonchev–Trinajstić information content (AvgIpc) is 3.56. The number of thiophene rings is 1. The van der Waals surface area contributed by atoms with Crippen LogP contribution in [0.15, 0.2) is 47.8 Å². The molecule has 4 aromatic rings. The van der Waals surface area contributed by atoms with Crippen molar-refractivity contribution in [3.63, 3.8) is 0 Å². The molecule has 0 fully saturated rings. The van der Waals surface area contributed by atoms with Crippen molar-refractivity contribution >= 4 is 46.8 Å². The molecule has 1 aliphatic rings. The summed E-state index contributed by atoms with van der Waals surface area (Å²) in [5, 5.41) is 13.5. The van der Waals surface area contributed by atoms with Gasteiger partial charge in [0.05, 0.1) is 25.0 Å². The lowest BCUT2D eigenvalue weighted by molar-refractivity contribution is 0.0521. The molecule has 0 saturated heterocycles. The molecule has 0 radical (unpaired) electrons. The molecule has 0 spiro atoms. The van der Waals surface area contributed by atoms with E-state index < -0.39 is 35.4 Å². The number of alkyl carbamates (subject to hydrolysis) is 1. The van der Waals surface area contributed by atoms with Gasteiger partial charge in [-0.1, -0.05) is 26.8 Å². The number of carbonyl (C=O) groups excluding carboxylic acids is 5. The Labute approximate surface area is 337 Å². The van der Waals surface area contributed by atoms with Gasteiger partial charge in [-0.2, -0.15) is 0 Å². The first-order valence-electron chi connectivity index (χ1n) is 19.1.